The molecule has 0 amide bonds. The predicted molar refractivity (Wildman–Crippen MR) is 144 cm³/mol. The summed E-state index contributed by atoms with van der Waals surface area (Å²) < 4.78 is 0. The number of aromatic nitrogens is 6. The molecule has 1 saturated heterocycles. The number of piperazine rings is 1. The van der Waals surface area contributed by atoms with Gasteiger partial charge in [-0.3, -0.25) is 10.1 Å². The van der Waals surface area contributed by atoms with Gasteiger partial charge in [0.1, 0.15) is 5.69 Å². The number of nitrogens with one attached hydrogen (secondary N) is 3. The number of hydrogen-bond acceptors (Lipinski definition) is 7. The first-order valence-electron chi connectivity index (χ1n) is 12.6. The van der Waals surface area contributed by atoms with Crippen LogP contribution in [0.3, 0.4) is 0 Å². The normalized spacial score (nSPS) is 14.8. The molecule has 5 heterocycles. The number of likely N-dealkylation sites (N-methyl/N-ethyl adjacent to an activating group) is 1. The summed E-state index contributed by atoms with van der Waals surface area (Å²) in [6.07, 6.45) is 6.75. The third-order valence-corrected chi connectivity index (χ3v) is 6.86. The van der Waals surface area contributed by atoms with Gasteiger partial charge in [0.05, 0.1) is 16.4 Å². The van der Waals surface area contributed by atoms with Crippen LogP contribution < -0.4 is 10.2 Å². The van der Waals surface area contributed by atoms with E-state index in [-0.39, 0.29) is 0 Å². The first-order chi connectivity index (χ1) is 17.7. The largest absolute Gasteiger partial charge is 0.369 e. The van der Waals surface area contributed by atoms with Crippen LogP contribution in [-0.2, 0) is 6.54 Å². The standard InChI is InChI=1S/C27H31N9/c1-3-6-28-14-18-11-19(16-29-15-18)20-12-22-25(33-34-26(22)30-17-20)27-31-23-5-4-21(13-24(23)32-27)36-9-7-35(2)8-10-36/h4-5,11-13,15-17,28H,3,6-10,14H2,1-2H3,(H,31,32)(H,30,33,34). The van der Waals surface area contributed by atoms with Gasteiger partial charge >= 0.3 is 0 Å². The second-order valence-electron chi connectivity index (χ2n) is 9.53. The number of fused-ring (bicyclic) bond motifs is 2. The van der Waals surface area contributed by atoms with E-state index in [0.29, 0.717) is 5.65 Å². The summed E-state index contributed by atoms with van der Waals surface area (Å²) in [6, 6.07) is 10.7. The quantitative estimate of drug-likeness (QED) is 0.304. The van der Waals surface area contributed by atoms with E-state index < -0.39 is 0 Å². The van der Waals surface area contributed by atoms with E-state index in [1.54, 1.807) is 0 Å². The maximum absolute atomic E-state index is 4.86. The summed E-state index contributed by atoms with van der Waals surface area (Å²) in [7, 11) is 2.18. The van der Waals surface area contributed by atoms with Crippen molar-refractivity contribution in [2.45, 2.75) is 19.9 Å². The van der Waals surface area contributed by atoms with Crippen molar-refractivity contribution in [3.63, 3.8) is 0 Å². The molecule has 9 nitrogen and oxygen atoms in total. The Kier molecular flexibility index (Phi) is 6.08. The molecular weight excluding hydrogens is 450 g/mol. The van der Waals surface area contributed by atoms with Crippen LogP contribution in [0.15, 0.2) is 48.9 Å². The molecule has 0 aliphatic carbocycles. The number of hydrogen-bond donors (Lipinski definition) is 3. The SMILES string of the molecule is CCCNCc1cncc(-c2cnc3n[nH]c(-c4nc5ccc(N6CCN(C)CC6)cc5[nH]4)c3c2)c1. The lowest BCUT2D eigenvalue weighted by Gasteiger charge is -2.34. The van der Waals surface area contributed by atoms with Gasteiger partial charge < -0.3 is 20.1 Å². The molecule has 0 unspecified atom stereocenters. The zero-order valence-corrected chi connectivity index (χ0v) is 20.8. The van der Waals surface area contributed by atoms with Crippen LogP contribution in [0.1, 0.15) is 18.9 Å². The minimum atomic E-state index is 0.668. The Morgan fingerprint density at radius 1 is 1.00 bits per heavy atom. The highest BCUT2D eigenvalue weighted by Gasteiger charge is 2.17. The molecule has 1 fully saturated rings. The van der Waals surface area contributed by atoms with Crippen molar-refractivity contribution in [1.82, 2.24) is 40.3 Å². The van der Waals surface area contributed by atoms with E-state index in [2.05, 4.69) is 84.6 Å². The molecule has 184 valence electrons. The van der Waals surface area contributed by atoms with Crippen molar-refractivity contribution in [2.75, 3.05) is 44.7 Å². The average molecular weight is 482 g/mol. The number of pyridine rings is 2. The molecule has 1 aliphatic heterocycles. The molecule has 0 spiro atoms. The monoisotopic (exact) mass is 481 g/mol. The Morgan fingerprint density at radius 3 is 2.72 bits per heavy atom. The molecule has 1 aliphatic rings. The van der Waals surface area contributed by atoms with Crippen LogP contribution in [0.25, 0.3) is 44.7 Å². The van der Waals surface area contributed by atoms with E-state index in [1.165, 1.54) is 5.69 Å². The molecule has 4 aromatic heterocycles. The minimum absolute atomic E-state index is 0.668. The number of aromatic amines is 2. The lowest BCUT2D eigenvalue weighted by Crippen LogP contribution is -2.44. The predicted octanol–water partition coefficient (Wildman–Crippen LogP) is 3.81. The molecule has 0 saturated carbocycles. The molecule has 9 heteroatoms. The number of H-pyrrole nitrogens is 2. The van der Waals surface area contributed by atoms with Crippen molar-refractivity contribution < 1.29 is 0 Å². The Morgan fingerprint density at radius 2 is 1.86 bits per heavy atom. The lowest BCUT2D eigenvalue weighted by atomic mass is 10.1. The summed E-state index contributed by atoms with van der Waals surface area (Å²) in [5, 5.41) is 11.9. The number of anilines is 1. The summed E-state index contributed by atoms with van der Waals surface area (Å²) in [6.45, 7) is 8.19. The van der Waals surface area contributed by atoms with Crippen LogP contribution in [0.5, 0.6) is 0 Å². The maximum Gasteiger partial charge on any atom is 0.181 e. The molecule has 5 aromatic rings. The fourth-order valence-corrected chi connectivity index (χ4v) is 4.77. The molecule has 0 radical (unpaired) electrons. The lowest BCUT2D eigenvalue weighted by molar-refractivity contribution is 0.313. The second kappa shape index (κ2) is 9.67. The molecule has 36 heavy (non-hydrogen) atoms. The van der Waals surface area contributed by atoms with Crippen LogP contribution in [0.2, 0.25) is 0 Å². The van der Waals surface area contributed by atoms with Crippen LogP contribution in [0.4, 0.5) is 5.69 Å². The van der Waals surface area contributed by atoms with Gasteiger partial charge in [-0.15, -0.1) is 0 Å². The van der Waals surface area contributed by atoms with Gasteiger partial charge in [-0.25, -0.2) is 9.97 Å². The highest BCUT2D eigenvalue weighted by molar-refractivity contribution is 5.93. The molecule has 3 N–H and O–H groups in total. The summed E-state index contributed by atoms with van der Waals surface area (Å²) >= 11 is 0. The average Bonchev–Trinajstić information content (AvgIpc) is 3.52. The van der Waals surface area contributed by atoms with Crippen molar-refractivity contribution in [3.8, 4) is 22.6 Å². The molecule has 6 rings (SSSR count). The summed E-state index contributed by atoms with van der Waals surface area (Å²) in [4.78, 5) is 22.2. The van der Waals surface area contributed by atoms with Crippen LogP contribution >= 0.6 is 0 Å². The Labute approximate surface area is 210 Å². The highest BCUT2D eigenvalue weighted by atomic mass is 15.2. The van der Waals surface area contributed by atoms with Gasteiger partial charge in [0.2, 0.25) is 0 Å². The van der Waals surface area contributed by atoms with E-state index >= 15 is 0 Å². The molecule has 0 atom stereocenters. The number of rotatable bonds is 7. The number of imidazole rings is 1. The van der Waals surface area contributed by atoms with Gasteiger partial charge in [0.25, 0.3) is 0 Å². The van der Waals surface area contributed by atoms with E-state index in [4.69, 9.17) is 4.98 Å². The van der Waals surface area contributed by atoms with Gasteiger partial charge in [-0.1, -0.05) is 6.92 Å². The van der Waals surface area contributed by atoms with Gasteiger partial charge in [-0.05, 0) is 55.9 Å². The van der Waals surface area contributed by atoms with Gasteiger partial charge in [0, 0.05) is 68.1 Å². The number of benzene rings is 1. The maximum atomic E-state index is 4.86. The van der Waals surface area contributed by atoms with Crippen LogP contribution in [-0.4, -0.2) is 74.8 Å². The van der Waals surface area contributed by atoms with Crippen molar-refractivity contribution in [3.05, 3.63) is 54.5 Å². The highest BCUT2D eigenvalue weighted by Crippen LogP contribution is 2.30. The van der Waals surface area contributed by atoms with E-state index in [0.717, 1.165) is 90.3 Å². The first kappa shape index (κ1) is 22.6. The molecular formula is C27H31N9. The fraction of sp³-hybridized carbons (Fsp3) is 0.333. The molecule has 1 aromatic carbocycles. The summed E-state index contributed by atoms with van der Waals surface area (Å²) in [5.41, 5.74) is 7.88. The van der Waals surface area contributed by atoms with Crippen LogP contribution in [0, 0.1) is 0 Å². The molecule has 0 bridgehead atoms. The zero-order valence-electron chi connectivity index (χ0n) is 20.8. The van der Waals surface area contributed by atoms with Crippen molar-refractivity contribution in [2.24, 2.45) is 0 Å². The van der Waals surface area contributed by atoms with E-state index in [1.807, 2.05) is 18.6 Å². The van der Waals surface area contributed by atoms with Crippen molar-refractivity contribution >= 4 is 27.8 Å². The van der Waals surface area contributed by atoms with E-state index in [9.17, 15) is 0 Å². The summed E-state index contributed by atoms with van der Waals surface area (Å²) in [5.74, 6) is 0.762. The Hall–Kier alpha value is -3.82. The first-order valence-corrected chi connectivity index (χ1v) is 12.6. The third-order valence-electron chi connectivity index (χ3n) is 6.86. The topological polar surface area (TPSA) is 102 Å². The zero-order chi connectivity index (χ0) is 24.5. The van der Waals surface area contributed by atoms with Crippen molar-refractivity contribution in [1.29, 1.82) is 0 Å². The Balaban J connectivity index is 1.31. The number of nitrogens with zero attached hydrogens (tertiary/aromatic N) is 6. The van der Waals surface area contributed by atoms with Gasteiger partial charge in [-0.2, -0.15) is 5.10 Å². The minimum Gasteiger partial charge on any atom is -0.369 e. The smallest absolute Gasteiger partial charge is 0.181 e. The van der Waals surface area contributed by atoms with Gasteiger partial charge in [0.15, 0.2) is 11.5 Å². The Bertz CT molecular complexity index is 1490. The fourth-order valence-electron chi connectivity index (χ4n) is 4.77. The second-order valence-corrected chi connectivity index (χ2v) is 9.53. The third kappa shape index (κ3) is 4.43.